The van der Waals surface area contributed by atoms with Gasteiger partial charge in [0.1, 0.15) is 0 Å². The molecule has 3 fully saturated rings. The summed E-state index contributed by atoms with van der Waals surface area (Å²) in [6, 6.07) is 9.39. The normalized spacial score (nSPS) is 28.0. The average molecular weight is 298 g/mol. The highest BCUT2D eigenvalue weighted by atomic mass is 32.1. The van der Waals surface area contributed by atoms with E-state index in [0.717, 1.165) is 11.6 Å². The number of benzene rings is 1. The molecule has 2 aromatic rings. The van der Waals surface area contributed by atoms with Crippen LogP contribution in [-0.2, 0) is 0 Å². The Balaban J connectivity index is 1.55. The van der Waals surface area contributed by atoms with Crippen LogP contribution in [0, 0.1) is 12.8 Å². The second-order valence-electron chi connectivity index (χ2n) is 6.47. The van der Waals surface area contributed by atoms with Crippen LogP contribution in [0.3, 0.4) is 0 Å². The summed E-state index contributed by atoms with van der Waals surface area (Å²) in [5.74, 6) is 0.836. The lowest BCUT2D eigenvalue weighted by Gasteiger charge is -2.45. The van der Waals surface area contributed by atoms with Crippen molar-refractivity contribution in [1.29, 1.82) is 0 Å². The highest BCUT2D eigenvalue weighted by Crippen LogP contribution is 2.33. The van der Waals surface area contributed by atoms with Crippen molar-refractivity contribution in [3.8, 4) is 0 Å². The van der Waals surface area contributed by atoms with E-state index in [9.17, 15) is 0 Å². The Bertz CT molecular complexity index is 680. The molecule has 21 heavy (non-hydrogen) atoms. The first-order valence-corrected chi connectivity index (χ1v) is 8.70. The summed E-state index contributed by atoms with van der Waals surface area (Å²) in [7, 11) is 0. The van der Waals surface area contributed by atoms with Gasteiger partial charge in [0, 0.05) is 23.0 Å². The number of piperidine rings is 3. The fraction of sp³-hybridized carbons (Fsp3) is 0.444. The Morgan fingerprint density at radius 1 is 1.33 bits per heavy atom. The van der Waals surface area contributed by atoms with Crippen molar-refractivity contribution in [3.63, 3.8) is 0 Å². The van der Waals surface area contributed by atoms with Crippen molar-refractivity contribution in [3.05, 3.63) is 41.3 Å². The van der Waals surface area contributed by atoms with Crippen LogP contribution >= 0.6 is 11.3 Å². The first kappa shape index (κ1) is 13.4. The number of hydrogen-bond donors (Lipinski definition) is 1. The highest BCUT2D eigenvalue weighted by Gasteiger charge is 2.34. The van der Waals surface area contributed by atoms with Crippen LogP contribution in [-0.4, -0.2) is 30.6 Å². The van der Waals surface area contributed by atoms with Crippen LogP contribution < -0.4 is 5.32 Å². The lowest BCUT2D eigenvalue weighted by Crippen LogP contribution is -2.55. The number of hydrogen-bond acceptors (Lipinski definition) is 3. The van der Waals surface area contributed by atoms with Gasteiger partial charge < -0.3 is 10.2 Å². The van der Waals surface area contributed by atoms with Gasteiger partial charge >= 0.3 is 0 Å². The van der Waals surface area contributed by atoms with E-state index in [-0.39, 0.29) is 0 Å². The molecule has 1 N–H and O–H groups in total. The second-order valence-corrected chi connectivity index (χ2v) is 7.52. The van der Waals surface area contributed by atoms with E-state index < -0.39 is 0 Å². The Kier molecular flexibility index (Phi) is 3.27. The molecule has 1 unspecified atom stereocenters. The highest BCUT2D eigenvalue weighted by molar-refractivity contribution is 7.20. The SMILES string of the molecule is C=C(NC1CN2CCC1CC2)c1cc2cccc(C)c2s1. The predicted octanol–water partition coefficient (Wildman–Crippen LogP) is 3.86. The molecule has 1 atom stereocenters. The van der Waals surface area contributed by atoms with Crippen molar-refractivity contribution in [2.45, 2.75) is 25.8 Å². The third-order valence-corrected chi connectivity index (χ3v) is 6.40. The van der Waals surface area contributed by atoms with E-state index >= 15 is 0 Å². The molecule has 110 valence electrons. The van der Waals surface area contributed by atoms with Gasteiger partial charge in [-0.15, -0.1) is 11.3 Å². The van der Waals surface area contributed by atoms with Crippen molar-refractivity contribution in [1.82, 2.24) is 10.2 Å². The lowest BCUT2D eigenvalue weighted by atomic mass is 9.84. The first-order valence-electron chi connectivity index (χ1n) is 7.88. The monoisotopic (exact) mass is 298 g/mol. The molecule has 3 heteroatoms. The molecular formula is C18H22N2S. The third-order valence-electron chi connectivity index (χ3n) is 5.05. The summed E-state index contributed by atoms with van der Waals surface area (Å²) in [4.78, 5) is 3.87. The van der Waals surface area contributed by atoms with Crippen LogP contribution in [0.25, 0.3) is 15.8 Å². The molecule has 1 aromatic heterocycles. The molecule has 0 amide bonds. The fourth-order valence-corrected chi connectivity index (χ4v) is 4.84. The summed E-state index contributed by atoms with van der Waals surface area (Å²) in [6.07, 6.45) is 2.69. The van der Waals surface area contributed by atoms with Gasteiger partial charge in [-0.3, -0.25) is 0 Å². The molecule has 3 saturated heterocycles. The number of aryl methyl sites for hydroxylation is 1. The molecular weight excluding hydrogens is 276 g/mol. The van der Waals surface area contributed by atoms with Gasteiger partial charge in [-0.1, -0.05) is 24.8 Å². The standard InChI is InChI=1S/C18H22N2S/c1-12-4-3-5-15-10-17(21-18(12)15)13(2)19-16-11-20-8-6-14(16)7-9-20/h3-5,10,14,16,19H,2,6-9,11H2,1H3. The number of thiophene rings is 1. The van der Waals surface area contributed by atoms with Gasteiger partial charge in [0.25, 0.3) is 0 Å². The minimum absolute atomic E-state index is 0.589. The van der Waals surface area contributed by atoms with Crippen LogP contribution in [0.15, 0.2) is 30.8 Å². The van der Waals surface area contributed by atoms with Gasteiger partial charge in [-0.2, -0.15) is 0 Å². The van der Waals surface area contributed by atoms with Gasteiger partial charge in [0.2, 0.25) is 0 Å². The molecule has 0 aliphatic carbocycles. The maximum Gasteiger partial charge on any atom is 0.0508 e. The van der Waals surface area contributed by atoms with Crippen LogP contribution in [0.5, 0.6) is 0 Å². The first-order chi connectivity index (χ1) is 10.2. The zero-order chi connectivity index (χ0) is 14.4. The van der Waals surface area contributed by atoms with E-state index in [1.54, 1.807) is 0 Å². The van der Waals surface area contributed by atoms with Crippen molar-refractivity contribution in [2.75, 3.05) is 19.6 Å². The molecule has 0 spiro atoms. The summed E-state index contributed by atoms with van der Waals surface area (Å²) < 4.78 is 1.39. The average Bonchev–Trinajstić information content (AvgIpc) is 2.94. The zero-order valence-electron chi connectivity index (χ0n) is 12.6. The molecule has 2 bridgehead atoms. The molecule has 0 saturated carbocycles. The van der Waals surface area contributed by atoms with Gasteiger partial charge in [0.05, 0.1) is 4.88 Å². The zero-order valence-corrected chi connectivity index (χ0v) is 13.4. The summed E-state index contributed by atoms with van der Waals surface area (Å²) in [6.45, 7) is 10.3. The van der Waals surface area contributed by atoms with Gasteiger partial charge in [0.15, 0.2) is 0 Å². The van der Waals surface area contributed by atoms with Gasteiger partial charge in [-0.25, -0.2) is 0 Å². The number of nitrogens with zero attached hydrogens (tertiary/aromatic N) is 1. The minimum atomic E-state index is 0.589. The molecule has 0 radical (unpaired) electrons. The Morgan fingerprint density at radius 2 is 2.14 bits per heavy atom. The van der Waals surface area contributed by atoms with Crippen molar-refractivity contribution < 1.29 is 0 Å². The maximum atomic E-state index is 4.31. The molecule has 5 rings (SSSR count). The number of fused-ring (bicyclic) bond motifs is 4. The maximum absolute atomic E-state index is 4.31. The van der Waals surface area contributed by atoms with E-state index in [1.807, 2.05) is 11.3 Å². The van der Waals surface area contributed by atoms with E-state index in [1.165, 1.54) is 53.0 Å². The number of rotatable bonds is 3. The van der Waals surface area contributed by atoms with Crippen LogP contribution in [0.2, 0.25) is 0 Å². The van der Waals surface area contributed by atoms with E-state index in [0.29, 0.717) is 6.04 Å². The molecule has 4 heterocycles. The Morgan fingerprint density at radius 3 is 2.81 bits per heavy atom. The van der Waals surface area contributed by atoms with Crippen molar-refractivity contribution in [2.24, 2.45) is 5.92 Å². The van der Waals surface area contributed by atoms with Crippen molar-refractivity contribution >= 4 is 27.1 Å². The third kappa shape index (κ3) is 2.39. The molecule has 2 nitrogen and oxygen atoms in total. The smallest absolute Gasteiger partial charge is 0.0508 e. The summed E-state index contributed by atoms with van der Waals surface area (Å²) in [5, 5.41) is 5.06. The van der Waals surface area contributed by atoms with Crippen LogP contribution in [0.1, 0.15) is 23.3 Å². The summed E-state index contributed by atoms with van der Waals surface area (Å²) in [5.41, 5.74) is 2.47. The Hall–Kier alpha value is -1.32. The van der Waals surface area contributed by atoms with E-state index in [2.05, 4.69) is 48.0 Å². The Labute approximate surface area is 130 Å². The fourth-order valence-electron chi connectivity index (χ4n) is 3.78. The topological polar surface area (TPSA) is 15.3 Å². The largest absolute Gasteiger partial charge is 0.380 e. The summed E-state index contributed by atoms with van der Waals surface area (Å²) >= 11 is 1.86. The number of nitrogens with one attached hydrogen (secondary N) is 1. The second kappa shape index (κ2) is 5.15. The molecule has 3 aliphatic rings. The lowest BCUT2D eigenvalue weighted by molar-refractivity contribution is 0.0802. The molecule has 3 aliphatic heterocycles. The van der Waals surface area contributed by atoms with Gasteiger partial charge in [-0.05, 0) is 55.8 Å². The quantitative estimate of drug-likeness (QED) is 0.925. The van der Waals surface area contributed by atoms with E-state index in [4.69, 9.17) is 0 Å². The molecule has 1 aromatic carbocycles. The van der Waals surface area contributed by atoms with Crippen LogP contribution in [0.4, 0.5) is 0 Å². The predicted molar refractivity (Wildman–Crippen MR) is 91.7 cm³/mol. The minimum Gasteiger partial charge on any atom is -0.380 e.